The first kappa shape index (κ1) is 19.0. The summed E-state index contributed by atoms with van der Waals surface area (Å²) in [5.41, 5.74) is 3.73. The summed E-state index contributed by atoms with van der Waals surface area (Å²) in [5.74, 6) is 0.283. The fourth-order valence-corrected chi connectivity index (χ4v) is 6.95. The van der Waals surface area contributed by atoms with E-state index in [2.05, 4.69) is 15.6 Å². The number of nitrogens with one attached hydrogen (secondary N) is 2. The number of aryl methyl sites for hydroxylation is 1. The Morgan fingerprint density at radius 1 is 1.07 bits per heavy atom. The van der Waals surface area contributed by atoms with Gasteiger partial charge in [-0.3, -0.25) is 9.79 Å². The Morgan fingerprint density at radius 2 is 1.75 bits per heavy atom. The van der Waals surface area contributed by atoms with E-state index in [1.807, 2.05) is 55.5 Å². The van der Waals surface area contributed by atoms with Gasteiger partial charge in [-0.25, -0.2) is 8.42 Å². The molecule has 1 fully saturated rings. The van der Waals surface area contributed by atoms with Gasteiger partial charge in [0.15, 0.2) is 15.0 Å². The van der Waals surface area contributed by atoms with Crippen molar-refractivity contribution in [2.75, 3.05) is 22.1 Å². The number of nitrogens with zero attached hydrogens (tertiary/aromatic N) is 1. The highest BCUT2D eigenvalue weighted by Gasteiger charge is 2.42. The molecule has 0 radical (unpaired) electrons. The molecule has 6 nitrogen and oxygen atoms in total. The molecule has 0 aromatic heterocycles. The van der Waals surface area contributed by atoms with Crippen molar-refractivity contribution in [2.24, 2.45) is 4.99 Å². The van der Waals surface area contributed by atoms with E-state index in [1.165, 1.54) is 11.8 Å². The summed E-state index contributed by atoms with van der Waals surface area (Å²) < 4.78 is 23.3. The molecule has 0 aliphatic carbocycles. The van der Waals surface area contributed by atoms with Crippen LogP contribution in [-0.2, 0) is 21.1 Å². The first-order chi connectivity index (χ1) is 13.4. The van der Waals surface area contributed by atoms with Crippen molar-refractivity contribution in [3.05, 3.63) is 59.7 Å². The number of hydrogen-bond acceptors (Lipinski definition) is 6. The molecule has 0 saturated carbocycles. The van der Waals surface area contributed by atoms with Crippen molar-refractivity contribution in [1.29, 1.82) is 0 Å². The minimum absolute atomic E-state index is 0.0252. The summed E-state index contributed by atoms with van der Waals surface area (Å²) in [4.78, 5) is 16.7. The number of thioether (sulfide) groups is 1. The summed E-state index contributed by atoms with van der Waals surface area (Å²) in [6, 6.07) is 15.2. The molecular weight excluding hydrogens is 394 g/mol. The zero-order chi connectivity index (χ0) is 19.7. The molecule has 2 aromatic rings. The fourth-order valence-electron chi connectivity index (χ4n) is 3.27. The average molecular weight is 416 g/mol. The normalized spacial score (nSPS) is 22.4. The van der Waals surface area contributed by atoms with E-state index in [0.29, 0.717) is 6.42 Å². The minimum atomic E-state index is -2.94. The van der Waals surface area contributed by atoms with E-state index < -0.39 is 9.84 Å². The third-order valence-electron chi connectivity index (χ3n) is 4.72. The topological polar surface area (TPSA) is 87.6 Å². The highest BCUT2D eigenvalue weighted by molar-refractivity contribution is 8.15. The molecule has 2 aliphatic heterocycles. The number of rotatable bonds is 4. The second-order valence-electron chi connectivity index (χ2n) is 7.15. The molecule has 0 spiro atoms. The smallest absolute Gasteiger partial charge is 0.228 e. The Kier molecular flexibility index (Phi) is 5.16. The van der Waals surface area contributed by atoms with Crippen LogP contribution in [0.25, 0.3) is 0 Å². The molecule has 146 valence electrons. The number of sulfone groups is 1. The molecule has 4 rings (SSSR count). The van der Waals surface area contributed by atoms with Gasteiger partial charge in [0.2, 0.25) is 5.91 Å². The molecule has 1 saturated heterocycles. The van der Waals surface area contributed by atoms with Crippen LogP contribution in [0.1, 0.15) is 11.1 Å². The van der Waals surface area contributed by atoms with Crippen LogP contribution in [0.5, 0.6) is 0 Å². The Labute approximate surface area is 168 Å². The Hall–Kier alpha value is -2.32. The van der Waals surface area contributed by atoms with Crippen LogP contribution in [0.4, 0.5) is 11.4 Å². The second-order valence-corrected chi connectivity index (χ2v) is 10.5. The van der Waals surface area contributed by atoms with Crippen LogP contribution >= 0.6 is 11.8 Å². The number of anilines is 2. The van der Waals surface area contributed by atoms with Crippen molar-refractivity contribution >= 4 is 44.0 Å². The molecule has 1 amide bonds. The second kappa shape index (κ2) is 7.60. The molecule has 2 aliphatic rings. The molecule has 2 aromatic carbocycles. The summed E-state index contributed by atoms with van der Waals surface area (Å²) in [6.07, 6.45) is 0.297. The third-order valence-corrected chi connectivity index (χ3v) is 7.87. The molecule has 28 heavy (non-hydrogen) atoms. The molecule has 2 N–H and O–H groups in total. The fraction of sp³-hybridized carbons (Fsp3) is 0.300. The number of amidine groups is 1. The van der Waals surface area contributed by atoms with Crippen LogP contribution in [0.2, 0.25) is 0 Å². The predicted octanol–water partition coefficient (Wildman–Crippen LogP) is 2.86. The van der Waals surface area contributed by atoms with E-state index in [0.717, 1.165) is 27.7 Å². The van der Waals surface area contributed by atoms with Crippen molar-refractivity contribution in [3.63, 3.8) is 0 Å². The zero-order valence-corrected chi connectivity index (χ0v) is 17.0. The maximum absolute atomic E-state index is 12.2. The molecule has 2 heterocycles. The zero-order valence-electron chi connectivity index (χ0n) is 15.4. The van der Waals surface area contributed by atoms with E-state index in [9.17, 15) is 13.2 Å². The maximum Gasteiger partial charge on any atom is 0.228 e. The molecule has 0 bridgehead atoms. The maximum atomic E-state index is 12.2. The standard InChI is InChI=1S/C20H21N3O3S2/c1-13-2-6-15(7-3-13)21-19(24)10-14-4-8-16(9-5-14)22-20-23-17-11-28(25,26)12-18(17)27-20/h2-9,17-18H,10-12H2,1H3,(H,21,24)(H,22,23). The number of carbonyl (C=O) groups excluding carboxylic acids is 1. The lowest BCUT2D eigenvalue weighted by Gasteiger charge is -2.09. The van der Waals surface area contributed by atoms with Gasteiger partial charge in [0, 0.05) is 16.6 Å². The molecule has 2 atom stereocenters. The van der Waals surface area contributed by atoms with Crippen molar-refractivity contribution in [3.8, 4) is 0 Å². The Balaban J connectivity index is 1.32. The van der Waals surface area contributed by atoms with Crippen molar-refractivity contribution in [1.82, 2.24) is 0 Å². The first-order valence-corrected chi connectivity index (χ1v) is 11.7. The highest BCUT2D eigenvalue weighted by atomic mass is 32.2. The summed E-state index contributed by atoms with van der Waals surface area (Å²) in [7, 11) is -2.94. The molecule has 2 unspecified atom stereocenters. The van der Waals surface area contributed by atoms with Crippen LogP contribution < -0.4 is 10.6 Å². The van der Waals surface area contributed by atoms with Gasteiger partial charge in [-0.05, 0) is 36.8 Å². The van der Waals surface area contributed by atoms with Gasteiger partial charge in [0.05, 0.1) is 24.0 Å². The number of hydrogen-bond donors (Lipinski definition) is 2. The van der Waals surface area contributed by atoms with Crippen LogP contribution in [-0.4, -0.2) is 42.3 Å². The number of aliphatic imine (C=N–C) groups is 1. The summed E-state index contributed by atoms with van der Waals surface area (Å²) in [5, 5.41) is 6.92. The largest absolute Gasteiger partial charge is 0.335 e. The number of carbonyl (C=O) groups is 1. The quantitative estimate of drug-likeness (QED) is 0.802. The van der Waals surface area contributed by atoms with Crippen LogP contribution in [0.3, 0.4) is 0 Å². The Bertz CT molecular complexity index is 1020. The lowest BCUT2D eigenvalue weighted by molar-refractivity contribution is -0.115. The third kappa shape index (κ3) is 4.56. The van der Waals surface area contributed by atoms with E-state index in [4.69, 9.17) is 0 Å². The van der Waals surface area contributed by atoms with Gasteiger partial charge < -0.3 is 10.6 Å². The van der Waals surface area contributed by atoms with Gasteiger partial charge in [-0.15, -0.1) is 0 Å². The number of fused-ring (bicyclic) bond motifs is 1. The predicted molar refractivity (Wildman–Crippen MR) is 115 cm³/mol. The van der Waals surface area contributed by atoms with E-state index in [-0.39, 0.29) is 28.7 Å². The van der Waals surface area contributed by atoms with Gasteiger partial charge in [-0.1, -0.05) is 41.6 Å². The minimum Gasteiger partial charge on any atom is -0.335 e. The van der Waals surface area contributed by atoms with Gasteiger partial charge in [0.25, 0.3) is 0 Å². The van der Waals surface area contributed by atoms with E-state index in [1.54, 1.807) is 0 Å². The SMILES string of the molecule is Cc1ccc(NC(=O)Cc2ccc(NC3=NC4CS(=O)(=O)CC4S3)cc2)cc1. The first-order valence-electron chi connectivity index (χ1n) is 9.04. The summed E-state index contributed by atoms with van der Waals surface area (Å²) >= 11 is 1.49. The van der Waals surface area contributed by atoms with Crippen molar-refractivity contribution < 1.29 is 13.2 Å². The van der Waals surface area contributed by atoms with Crippen LogP contribution in [0, 0.1) is 6.92 Å². The lowest BCUT2D eigenvalue weighted by atomic mass is 10.1. The van der Waals surface area contributed by atoms with Gasteiger partial charge in [-0.2, -0.15) is 0 Å². The van der Waals surface area contributed by atoms with Gasteiger partial charge in [0.1, 0.15) is 0 Å². The van der Waals surface area contributed by atoms with Crippen molar-refractivity contribution in [2.45, 2.75) is 24.6 Å². The molecular formula is C20H21N3O3S2. The monoisotopic (exact) mass is 415 g/mol. The van der Waals surface area contributed by atoms with Gasteiger partial charge >= 0.3 is 0 Å². The Morgan fingerprint density at radius 3 is 2.43 bits per heavy atom. The molecule has 8 heteroatoms. The highest BCUT2D eigenvalue weighted by Crippen LogP contribution is 2.34. The van der Waals surface area contributed by atoms with E-state index >= 15 is 0 Å². The average Bonchev–Trinajstić information content (AvgIpc) is 3.11. The lowest BCUT2D eigenvalue weighted by Crippen LogP contribution is -2.14. The van der Waals surface area contributed by atoms with Crippen LogP contribution in [0.15, 0.2) is 53.5 Å². The summed E-state index contributed by atoms with van der Waals surface area (Å²) in [6.45, 7) is 2.01. The number of benzene rings is 2. The number of amides is 1.